The third-order valence-electron chi connectivity index (χ3n) is 4.49. The number of benzene rings is 2. The zero-order valence-corrected chi connectivity index (χ0v) is 17.1. The Morgan fingerprint density at radius 1 is 0.967 bits per heavy atom. The van der Waals surface area contributed by atoms with Gasteiger partial charge in [0.2, 0.25) is 0 Å². The van der Waals surface area contributed by atoms with Crippen molar-refractivity contribution in [2.24, 2.45) is 0 Å². The molecule has 3 aromatic rings. The highest BCUT2D eigenvalue weighted by Crippen LogP contribution is 2.24. The van der Waals surface area contributed by atoms with Crippen molar-refractivity contribution < 1.29 is 28.5 Å². The van der Waals surface area contributed by atoms with E-state index in [2.05, 4.69) is 4.98 Å². The molecular weight excluding hydrogens is 386 g/mol. The average Bonchev–Trinajstić information content (AvgIpc) is 2.76. The normalized spacial score (nSPS) is 10.5. The molecule has 7 heteroatoms. The van der Waals surface area contributed by atoms with Crippen LogP contribution in [0.1, 0.15) is 28.5 Å². The van der Waals surface area contributed by atoms with Crippen molar-refractivity contribution in [2.75, 3.05) is 20.3 Å². The molecule has 0 fully saturated rings. The summed E-state index contributed by atoms with van der Waals surface area (Å²) in [5.41, 5.74) is 2.12. The molecule has 0 aliphatic rings. The monoisotopic (exact) mass is 409 g/mol. The van der Waals surface area contributed by atoms with Gasteiger partial charge >= 0.3 is 11.9 Å². The largest absolute Gasteiger partial charge is 0.497 e. The van der Waals surface area contributed by atoms with Crippen molar-refractivity contribution in [3.05, 3.63) is 65.4 Å². The predicted molar refractivity (Wildman–Crippen MR) is 111 cm³/mol. The molecule has 2 aromatic carbocycles. The molecule has 0 N–H and O–H groups in total. The molecule has 0 bridgehead atoms. The Labute approximate surface area is 174 Å². The van der Waals surface area contributed by atoms with Gasteiger partial charge in [-0.1, -0.05) is 18.2 Å². The third-order valence-corrected chi connectivity index (χ3v) is 4.49. The van der Waals surface area contributed by atoms with Crippen LogP contribution in [-0.2, 0) is 20.9 Å². The lowest BCUT2D eigenvalue weighted by Gasteiger charge is -2.14. The molecule has 0 atom stereocenters. The Balaban J connectivity index is 1.72. The molecule has 0 aliphatic carbocycles. The van der Waals surface area contributed by atoms with Crippen LogP contribution in [0.15, 0.2) is 48.5 Å². The van der Waals surface area contributed by atoms with Crippen LogP contribution >= 0.6 is 0 Å². The van der Waals surface area contributed by atoms with Crippen LogP contribution in [0.3, 0.4) is 0 Å². The van der Waals surface area contributed by atoms with E-state index >= 15 is 0 Å². The number of methoxy groups -OCH3 is 1. The Kier molecular flexibility index (Phi) is 6.85. The van der Waals surface area contributed by atoms with Gasteiger partial charge in [0.1, 0.15) is 18.1 Å². The van der Waals surface area contributed by atoms with E-state index in [1.54, 1.807) is 38.3 Å². The van der Waals surface area contributed by atoms with E-state index in [9.17, 15) is 9.59 Å². The second kappa shape index (κ2) is 9.73. The summed E-state index contributed by atoms with van der Waals surface area (Å²) >= 11 is 0. The predicted octanol–water partition coefficient (Wildman–Crippen LogP) is 3.85. The number of fused-ring (bicyclic) bond motifs is 1. The molecule has 0 unspecified atom stereocenters. The molecule has 0 spiro atoms. The molecule has 7 nitrogen and oxygen atoms in total. The Morgan fingerprint density at radius 3 is 2.37 bits per heavy atom. The maximum atomic E-state index is 12.5. The highest BCUT2D eigenvalue weighted by atomic mass is 16.6. The van der Waals surface area contributed by atoms with E-state index in [0.29, 0.717) is 28.3 Å². The first-order valence-corrected chi connectivity index (χ1v) is 9.51. The van der Waals surface area contributed by atoms with E-state index in [1.807, 2.05) is 31.2 Å². The number of nitrogens with zero attached hydrogens (tertiary/aromatic N) is 1. The van der Waals surface area contributed by atoms with Gasteiger partial charge in [-0.3, -0.25) is 0 Å². The number of hydrogen-bond acceptors (Lipinski definition) is 7. The van der Waals surface area contributed by atoms with E-state index in [4.69, 9.17) is 18.9 Å². The number of pyridine rings is 1. The lowest BCUT2D eigenvalue weighted by Crippen LogP contribution is -2.18. The fraction of sp³-hybridized carbons (Fsp3) is 0.261. The lowest BCUT2D eigenvalue weighted by atomic mass is 10.0. The molecule has 0 aliphatic heterocycles. The van der Waals surface area contributed by atoms with Gasteiger partial charge in [0, 0.05) is 5.39 Å². The first-order chi connectivity index (χ1) is 14.5. The van der Waals surface area contributed by atoms with E-state index in [-0.39, 0.29) is 19.8 Å². The first-order valence-electron chi connectivity index (χ1n) is 9.51. The van der Waals surface area contributed by atoms with Crippen molar-refractivity contribution in [1.82, 2.24) is 4.98 Å². The van der Waals surface area contributed by atoms with Crippen LogP contribution in [-0.4, -0.2) is 37.2 Å². The Hall–Kier alpha value is -3.61. The van der Waals surface area contributed by atoms with Crippen LogP contribution in [0.5, 0.6) is 11.5 Å². The minimum atomic E-state index is -0.576. The number of para-hydroxylation sites is 1. The van der Waals surface area contributed by atoms with Crippen LogP contribution < -0.4 is 9.47 Å². The fourth-order valence-electron chi connectivity index (χ4n) is 3.02. The maximum absolute atomic E-state index is 12.5. The second-order valence-corrected chi connectivity index (χ2v) is 6.42. The maximum Gasteiger partial charge on any atom is 0.344 e. The highest BCUT2D eigenvalue weighted by Gasteiger charge is 2.21. The second-order valence-electron chi connectivity index (χ2n) is 6.42. The van der Waals surface area contributed by atoms with Crippen molar-refractivity contribution in [3.63, 3.8) is 0 Å². The summed E-state index contributed by atoms with van der Waals surface area (Å²) in [7, 11) is 1.57. The van der Waals surface area contributed by atoms with Gasteiger partial charge in [0.05, 0.1) is 30.5 Å². The lowest BCUT2D eigenvalue weighted by molar-refractivity contribution is -0.147. The van der Waals surface area contributed by atoms with E-state index in [1.165, 1.54) is 0 Å². The average molecular weight is 409 g/mol. The number of ether oxygens (including phenoxy) is 4. The van der Waals surface area contributed by atoms with Gasteiger partial charge in [-0.05, 0) is 49.7 Å². The van der Waals surface area contributed by atoms with Crippen LogP contribution in [0.25, 0.3) is 10.9 Å². The quantitative estimate of drug-likeness (QED) is 0.523. The highest BCUT2D eigenvalue weighted by molar-refractivity contribution is 5.98. The number of aryl methyl sites for hydroxylation is 1. The fourth-order valence-corrected chi connectivity index (χ4v) is 3.02. The van der Waals surface area contributed by atoms with Crippen LogP contribution in [0.2, 0.25) is 0 Å². The number of hydrogen-bond donors (Lipinski definition) is 0. The smallest absolute Gasteiger partial charge is 0.344 e. The summed E-state index contributed by atoms with van der Waals surface area (Å²) in [4.78, 5) is 29.2. The van der Waals surface area contributed by atoms with Crippen LogP contribution in [0.4, 0.5) is 0 Å². The van der Waals surface area contributed by atoms with Gasteiger partial charge in [-0.25, -0.2) is 14.6 Å². The van der Waals surface area contributed by atoms with Gasteiger partial charge < -0.3 is 18.9 Å². The number of rotatable bonds is 8. The Morgan fingerprint density at radius 2 is 1.67 bits per heavy atom. The first kappa shape index (κ1) is 21.1. The number of esters is 2. The molecule has 0 saturated heterocycles. The van der Waals surface area contributed by atoms with Crippen molar-refractivity contribution >= 4 is 22.8 Å². The van der Waals surface area contributed by atoms with E-state index in [0.717, 1.165) is 10.9 Å². The van der Waals surface area contributed by atoms with Gasteiger partial charge in [0.25, 0.3) is 0 Å². The van der Waals surface area contributed by atoms with Gasteiger partial charge in [-0.2, -0.15) is 0 Å². The summed E-state index contributed by atoms with van der Waals surface area (Å²) in [5.74, 6) is 0.135. The topological polar surface area (TPSA) is 84.0 Å². The molecule has 30 heavy (non-hydrogen) atoms. The zero-order valence-electron chi connectivity index (χ0n) is 17.1. The van der Waals surface area contributed by atoms with Crippen molar-refractivity contribution in [2.45, 2.75) is 20.5 Å². The minimum absolute atomic E-state index is 0.162. The number of carbonyl (C=O) groups is 2. The third kappa shape index (κ3) is 4.86. The summed E-state index contributed by atoms with van der Waals surface area (Å²) in [6, 6.07) is 14.3. The molecule has 156 valence electrons. The number of carbonyl (C=O) groups excluding carboxylic acids is 2. The molecule has 1 aromatic heterocycles. The zero-order chi connectivity index (χ0) is 21.5. The standard InChI is InChI=1S/C23H23NO6/c1-4-28-23(26)22-15(2)18-7-5-6-8-19(18)24-20(22)13-30-21(25)14-29-17-11-9-16(27-3)10-12-17/h5-12H,4,13-14H2,1-3H3. The number of aromatic nitrogens is 1. The summed E-state index contributed by atoms with van der Waals surface area (Å²) in [6.07, 6.45) is 0. The molecular formula is C23H23NO6. The molecule has 0 saturated carbocycles. The molecule has 0 amide bonds. The van der Waals surface area contributed by atoms with Crippen molar-refractivity contribution in [1.29, 1.82) is 0 Å². The van der Waals surface area contributed by atoms with Crippen LogP contribution in [0, 0.1) is 6.92 Å². The summed E-state index contributed by atoms with van der Waals surface area (Å²) < 4.78 is 21.0. The minimum Gasteiger partial charge on any atom is -0.497 e. The summed E-state index contributed by atoms with van der Waals surface area (Å²) in [5, 5.41) is 0.846. The van der Waals surface area contributed by atoms with E-state index < -0.39 is 11.9 Å². The SMILES string of the molecule is CCOC(=O)c1c(COC(=O)COc2ccc(OC)cc2)nc2ccccc2c1C. The molecule has 1 heterocycles. The Bertz CT molecular complexity index is 1050. The molecule has 3 rings (SSSR count). The van der Waals surface area contributed by atoms with Gasteiger partial charge in [0.15, 0.2) is 6.61 Å². The molecule has 0 radical (unpaired) electrons. The summed E-state index contributed by atoms with van der Waals surface area (Å²) in [6.45, 7) is 3.37. The van der Waals surface area contributed by atoms with Crippen molar-refractivity contribution in [3.8, 4) is 11.5 Å². The van der Waals surface area contributed by atoms with Gasteiger partial charge in [-0.15, -0.1) is 0 Å².